The molecule has 0 unspecified atom stereocenters. The molecule has 0 spiro atoms. The van der Waals surface area contributed by atoms with Crippen molar-refractivity contribution >= 4 is 54.5 Å². The molecule has 2 aliphatic rings. The molecule has 4 aromatic rings. The molecule has 0 saturated carbocycles. The van der Waals surface area contributed by atoms with E-state index in [9.17, 15) is 17.6 Å². The van der Waals surface area contributed by atoms with E-state index in [2.05, 4.69) is 44.2 Å². The molecule has 0 bridgehead atoms. The SMILES string of the molecule is COC(OC)C1CCN(c2ccc(-c3cnc4c(c3)c(C(=O)c3c(F)ccc(N(COCC[Si](C)(C)C)S(=O)(=O)N5CC[C@H](F)C5)c3F)cn4COCC[Si](C)(C)C)cc2)CC1. The van der Waals surface area contributed by atoms with Crippen molar-refractivity contribution in [2.45, 2.75) is 89.8 Å². The third kappa shape index (κ3) is 11.4. The zero-order valence-corrected chi connectivity index (χ0v) is 40.1. The Labute approximate surface area is 366 Å². The number of pyridine rings is 1. The second kappa shape index (κ2) is 20.0. The molecule has 0 aliphatic carbocycles. The summed E-state index contributed by atoms with van der Waals surface area (Å²) in [7, 11) is -4.26. The molecule has 4 heterocycles. The number of halogens is 3. The summed E-state index contributed by atoms with van der Waals surface area (Å²) in [4.78, 5) is 21.7. The van der Waals surface area contributed by atoms with Gasteiger partial charge < -0.3 is 28.4 Å². The highest BCUT2D eigenvalue weighted by molar-refractivity contribution is 7.90. The van der Waals surface area contributed by atoms with Crippen LogP contribution in [-0.2, 0) is 35.9 Å². The van der Waals surface area contributed by atoms with Crippen molar-refractivity contribution in [1.82, 2.24) is 13.9 Å². The van der Waals surface area contributed by atoms with Crippen LogP contribution in [0.15, 0.2) is 54.9 Å². The fourth-order valence-corrected chi connectivity index (χ4v) is 10.9. The van der Waals surface area contributed by atoms with E-state index in [0.29, 0.717) is 39.5 Å². The predicted molar refractivity (Wildman–Crippen MR) is 243 cm³/mol. The number of fused-ring (bicyclic) bond motifs is 1. The molecule has 2 saturated heterocycles. The normalized spacial score (nSPS) is 17.2. The Morgan fingerprint density at radius 3 is 2.13 bits per heavy atom. The first-order valence-electron chi connectivity index (χ1n) is 21.3. The van der Waals surface area contributed by atoms with Crippen LogP contribution in [0.3, 0.4) is 0 Å². The van der Waals surface area contributed by atoms with Gasteiger partial charge in [-0.05, 0) is 67.2 Å². The van der Waals surface area contributed by atoms with E-state index in [-0.39, 0.29) is 38.2 Å². The Balaban J connectivity index is 1.35. The van der Waals surface area contributed by atoms with Crippen molar-refractivity contribution in [2.75, 3.05) is 69.5 Å². The van der Waals surface area contributed by atoms with Crippen LogP contribution < -0.4 is 9.21 Å². The topological polar surface area (TPSA) is 116 Å². The van der Waals surface area contributed by atoms with E-state index >= 15 is 8.78 Å². The standard InChI is InChI=1S/C44H62F3N5O7SSi2/c1-56-44(57-2)32-15-18-49(19-16-32)35-11-9-31(10-12-35)33-25-36-37(28-50(43(36)48-26-33)29-58-21-23-61(3,4)5)42(53)40-38(46)13-14-39(41(40)47)52(30-59-22-24-62(6,7)8)60(54,55)51-20-17-34(45)27-51/h9-14,25-26,28,32,34,44H,15-24,27,29-30H2,1-8H3/t34-/m0/s1. The molecule has 340 valence electrons. The first-order valence-corrected chi connectivity index (χ1v) is 30.1. The average molecular weight is 918 g/mol. The van der Waals surface area contributed by atoms with Crippen LogP contribution in [0.2, 0.25) is 51.4 Å². The van der Waals surface area contributed by atoms with E-state index in [4.69, 9.17) is 23.9 Å². The summed E-state index contributed by atoms with van der Waals surface area (Å²) in [5, 5.41) is 0.340. The maximum atomic E-state index is 16.9. The van der Waals surface area contributed by atoms with Crippen molar-refractivity contribution in [3.8, 4) is 11.1 Å². The fourth-order valence-electron chi connectivity index (χ4n) is 7.82. The van der Waals surface area contributed by atoms with Gasteiger partial charge in [0, 0.05) is 105 Å². The lowest BCUT2D eigenvalue weighted by Crippen LogP contribution is -2.45. The van der Waals surface area contributed by atoms with Gasteiger partial charge in [-0.1, -0.05) is 51.4 Å². The number of methoxy groups -OCH3 is 2. The van der Waals surface area contributed by atoms with Gasteiger partial charge in [0.15, 0.2) is 12.1 Å². The molecular weight excluding hydrogens is 856 g/mol. The van der Waals surface area contributed by atoms with Gasteiger partial charge >= 0.3 is 10.2 Å². The van der Waals surface area contributed by atoms with E-state index in [0.717, 1.165) is 59.7 Å². The minimum absolute atomic E-state index is 0.0188. The zero-order chi connectivity index (χ0) is 45.0. The van der Waals surface area contributed by atoms with Crippen molar-refractivity contribution in [3.05, 3.63) is 77.6 Å². The van der Waals surface area contributed by atoms with Crippen LogP contribution in [0.4, 0.5) is 24.5 Å². The number of hydrogen-bond acceptors (Lipinski definition) is 9. The predicted octanol–water partition coefficient (Wildman–Crippen LogP) is 8.77. The van der Waals surface area contributed by atoms with Crippen LogP contribution in [-0.4, -0.2) is 117 Å². The van der Waals surface area contributed by atoms with Gasteiger partial charge in [-0.15, -0.1) is 0 Å². The second-order valence-corrected chi connectivity index (χ2v) is 31.8. The van der Waals surface area contributed by atoms with Crippen LogP contribution in [0, 0.1) is 17.6 Å². The summed E-state index contributed by atoms with van der Waals surface area (Å²) >= 11 is 0. The van der Waals surface area contributed by atoms with Gasteiger partial charge in [0.05, 0.1) is 16.8 Å². The van der Waals surface area contributed by atoms with Crippen LogP contribution in [0.5, 0.6) is 0 Å². The lowest BCUT2D eigenvalue weighted by molar-refractivity contribution is -0.141. The highest BCUT2D eigenvalue weighted by Crippen LogP contribution is 2.35. The monoisotopic (exact) mass is 917 g/mol. The average Bonchev–Trinajstić information content (AvgIpc) is 3.83. The van der Waals surface area contributed by atoms with Crippen LogP contribution in [0.25, 0.3) is 22.2 Å². The van der Waals surface area contributed by atoms with Gasteiger partial charge in [0.2, 0.25) is 5.78 Å². The Kier molecular flexibility index (Phi) is 15.5. The number of rotatable bonds is 20. The zero-order valence-electron chi connectivity index (χ0n) is 37.3. The molecule has 0 radical (unpaired) electrons. The number of alkyl halides is 1. The van der Waals surface area contributed by atoms with Gasteiger partial charge in [0.25, 0.3) is 0 Å². The Bertz CT molecular complexity index is 2280. The van der Waals surface area contributed by atoms with E-state index in [1.807, 2.05) is 24.3 Å². The molecule has 18 heteroatoms. The number of ketones is 1. The maximum Gasteiger partial charge on any atom is 0.306 e. The molecular formula is C44H62F3N5O7SSi2. The molecule has 2 aliphatic heterocycles. The molecule has 2 fully saturated rings. The van der Waals surface area contributed by atoms with Gasteiger partial charge in [-0.25, -0.2) is 22.5 Å². The van der Waals surface area contributed by atoms with E-state index in [1.165, 1.54) is 6.20 Å². The molecule has 62 heavy (non-hydrogen) atoms. The molecule has 0 amide bonds. The van der Waals surface area contributed by atoms with Crippen LogP contribution in [0.1, 0.15) is 35.2 Å². The Morgan fingerprint density at radius 2 is 1.53 bits per heavy atom. The van der Waals surface area contributed by atoms with Gasteiger partial charge in [-0.2, -0.15) is 12.7 Å². The number of ether oxygens (including phenoxy) is 4. The number of carbonyl (C=O) groups is 1. The molecule has 6 rings (SSSR count). The summed E-state index contributed by atoms with van der Waals surface area (Å²) in [6.45, 7) is 14.4. The third-order valence-corrected chi connectivity index (χ3v) is 16.9. The molecule has 2 aromatic carbocycles. The Hall–Kier alpha value is -3.63. The molecule has 1 atom stereocenters. The van der Waals surface area contributed by atoms with Gasteiger partial charge in [-0.3, -0.25) is 4.79 Å². The maximum absolute atomic E-state index is 16.9. The first kappa shape index (κ1) is 47.8. The Morgan fingerprint density at radius 1 is 0.887 bits per heavy atom. The molecule has 0 N–H and O–H groups in total. The number of hydrogen-bond donors (Lipinski definition) is 0. The fraction of sp³-hybridized carbons (Fsp3) is 0.545. The number of nitrogens with zero attached hydrogens (tertiary/aromatic N) is 5. The largest absolute Gasteiger partial charge is 0.372 e. The first-order chi connectivity index (χ1) is 29.3. The number of aromatic nitrogens is 2. The van der Waals surface area contributed by atoms with Crippen molar-refractivity contribution in [2.24, 2.45) is 5.92 Å². The van der Waals surface area contributed by atoms with E-state index in [1.54, 1.807) is 31.0 Å². The summed E-state index contributed by atoms with van der Waals surface area (Å²) in [5.41, 5.74) is 1.38. The summed E-state index contributed by atoms with van der Waals surface area (Å²) in [5.74, 6) is -3.24. The quantitative estimate of drug-likeness (QED) is 0.0372. The van der Waals surface area contributed by atoms with Crippen molar-refractivity contribution in [1.29, 1.82) is 0 Å². The summed E-state index contributed by atoms with van der Waals surface area (Å²) in [6, 6.07) is 13.2. The van der Waals surface area contributed by atoms with Crippen molar-refractivity contribution < 1.29 is 45.3 Å². The minimum Gasteiger partial charge on any atom is -0.372 e. The van der Waals surface area contributed by atoms with E-state index < -0.39 is 74.5 Å². The number of carbonyl (C=O) groups excluding carboxylic acids is 1. The number of piperidine rings is 1. The summed E-state index contributed by atoms with van der Waals surface area (Å²) in [6.07, 6.45) is 3.38. The molecule has 12 nitrogen and oxygen atoms in total. The molecule has 2 aromatic heterocycles. The smallest absolute Gasteiger partial charge is 0.306 e. The highest BCUT2D eigenvalue weighted by atomic mass is 32.2. The van der Waals surface area contributed by atoms with Crippen LogP contribution >= 0.6 is 0 Å². The lowest BCUT2D eigenvalue weighted by atomic mass is 9.95. The number of anilines is 2. The summed E-state index contributed by atoms with van der Waals surface area (Å²) < 4.78 is 101. The highest BCUT2D eigenvalue weighted by Gasteiger charge is 2.39. The van der Waals surface area contributed by atoms with Crippen molar-refractivity contribution in [3.63, 3.8) is 0 Å². The minimum atomic E-state index is -4.56. The van der Waals surface area contributed by atoms with Gasteiger partial charge in [0.1, 0.15) is 31.1 Å². The second-order valence-electron chi connectivity index (χ2n) is 18.7. The third-order valence-electron chi connectivity index (χ3n) is 11.6. The number of benzene rings is 2. The lowest BCUT2D eigenvalue weighted by Gasteiger charge is -2.36.